The topological polar surface area (TPSA) is 92.2 Å². The van der Waals surface area contributed by atoms with Crippen LogP contribution in [0.2, 0.25) is 5.02 Å². The second-order valence-corrected chi connectivity index (χ2v) is 9.58. The molecule has 0 spiro atoms. The Morgan fingerprint density at radius 3 is 2.39 bits per heavy atom. The molecule has 0 saturated carbocycles. The van der Waals surface area contributed by atoms with Gasteiger partial charge in [-0.3, -0.25) is 19.8 Å². The van der Waals surface area contributed by atoms with Crippen molar-refractivity contribution in [3.05, 3.63) is 93.5 Å². The lowest BCUT2D eigenvalue weighted by Gasteiger charge is -2.13. The Morgan fingerprint density at radius 2 is 1.67 bits per heavy atom. The number of aromatic nitrogens is 1. The molecule has 3 aromatic carbocycles. The molecule has 0 unspecified atom stereocenters. The summed E-state index contributed by atoms with van der Waals surface area (Å²) in [6, 6.07) is 21.1. The third-order valence-corrected chi connectivity index (χ3v) is 6.26. The molecule has 0 fully saturated rings. The number of nitrogens with one attached hydrogen (secondary N) is 3. The van der Waals surface area contributed by atoms with Gasteiger partial charge in [0, 0.05) is 26.3 Å². The summed E-state index contributed by atoms with van der Waals surface area (Å²) >= 11 is 9.44. The number of carbonyl (C=O) groups is 3. The van der Waals surface area contributed by atoms with Gasteiger partial charge in [-0.15, -0.1) is 0 Å². The van der Waals surface area contributed by atoms with E-state index in [4.69, 9.17) is 11.6 Å². The van der Waals surface area contributed by atoms with E-state index in [1.165, 1.54) is 10.2 Å². The van der Waals surface area contributed by atoms with Crippen molar-refractivity contribution in [3.63, 3.8) is 0 Å². The van der Waals surface area contributed by atoms with E-state index in [9.17, 15) is 14.4 Å². The van der Waals surface area contributed by atoms with Crippen molar-refractivity contribution >= 4 is 67.5 Å². The summed E-state index contributed by atoms with van der Waals surface area (Å²) in [6.07, 6.45) is 3.15. The fourth-order valence-electron chi connectivity index (χ4n) is 3.71. The Balaban J connectivity index is 1.55. The Morgan fingerprint density at radius 1 is 0.889 bits per heavy atom. The van der Waals surface area contributed by atoms with Crippen LogP contribution in [0.4, 0.5) is 11.4 Å². The van der Waals surface area contributed by atoms with Crippen molar-refractivity contribution < 1.29 is 14.4 Å². The monoisotopic (exact) mass is 566 g/mol. The highest BCUT2D eigenvalue weighted by molar-refractivity contribution is 9.10. The molecule has 0 atom stereocenters. The average Bonchev–Trinajstić information content (AvgIpc) is 3.21. The van der Waals surface area contributed by atoms with Gasteiger partial charge in [0.25, 0.3) is 5.91 Å². The molecule has 4 rings (SSSR count). The minimum Gasteiger partial charge on any atom is -0.321 e. The third kappa shape index (κ3) is 6.13. The Hall–Kier alpha value is -3.62. The molecule has 0 radical (unpaired) electrons. The van der Waals surface area contributed by atoms with E-state index in [2.05, 4.69) is 38.9 Å². The number of halogens is 2. The summed E-state index contributed by atoms with van der Waals surface area (Å²) < 4.78 is 2.11. The van der Waals surface area contributed by atoms with E-state index >= 15 is 0 Å². The van der Waals surface area contributed by atoms with Crippen LogP contribution < -0.4 is 16.1 Å². The van der Waals surface area contributed by atoms with Crippen LogP contribution >= 0.6 is 27.5 Å². The van der Waals surface area contributed by atoms with Gasteiger partial charge in [0.1, 0.15) is 5.69 Å². The van der Waals surface area contributed by atoms with Gasteiger partial charge in [-0.1, -0.05) is 59.1 Å². The van der Waals surface area contributed by atoms with Gasteiger partial charge in [-0.2, -0.15) is 0 Å². The summed E-state index contributed by atoms with van der Waals surface area (Å²) in [6.45, 7) is 2.13. The van der Waals surface area contributed by atoms with Crippen molar-refractivity contribution in [2.45, 2.75) is 26.2 Å². The van der Waals surface area contributed by atoms with Crippen LogP contribution in [0.1, 0.15) is 35.8 Å². The Bertz CT molecular complexity index is 1430. The van der Waals surface area contributed by atoms with E-state index in [1.54, 1.807) is 54.6 Å². The smallest absolute Gasteiger partial charge is 0.321 e. The van der Waals surface area contributed by atoms with Gasteiger partial charge >= 0.3 is 11.8 Å². The van der Waals surface area contributed by atoms with Crippen LogP contribution in [0.15, 0.2) is 77.3 Å². The first-order valence-electron chi connectivity index (χ1n) is 11.4. The molecule has 7 nitrogen and oxygen atoms in total. The SMILES string of the molecule is CCCCc1ccc(NC(=O)C(=O)Nn2c(C(=O)Nc3cccc(Cl)c3)cc3cc(Br)ccc32)cc1. The molecule has 3 N–H and O–H groups in total. The number of amides is 3. The molecule has 0 aliphatic heterocycles. The molecule has 0 bridgehead atoms. The molecule has 4 aromatic rings. The molecular formula is C27H24BrClN4O3. The number of benzene rings is 3. The number of hydrogen-bond acceptors (Lipinski definition) is 3. The van der Waals surface area contributed by atoms with Crippen LogP contribution in [0.5, 0.6) is 0 Å². The second-order valence-electron chi connectivity index (χ2n) is 8.23. The van der Waals surface area contributed by atoms with Gasteiger partial charge < -0.3 is 10.6 Å². The molecule has 0 aliphatic rings. The first-order chi connectivity index (χ1) is 17.3. The van der Waals surface area contributed by atoms with Crippen LogP contribution in [0.25, 0.3) is 10.9 Å². The highest BCUT2D eigenvalue weighted by atomic mass is 79.9. The van der Waals surface area contributed by atoms with Crippen molar-refractivity contribution in [2.24, 2.45) is 0 Å². The number of anilines is 2. The zero-order chi connectivity index (χ0) is 25.7. The normalized spacial score (nSPS) is 10.8. The first kappa shape index (κ1) is 25.5. The molecule has 1 heterocycles. The van der Waals surface area contributed by atoms with Gasteiger partial charge in [0.15, 0.2) is 0 Å². The van der Waals surface area contributed by atoms with Crippen LogP contribution in [-0.4, -0.2) is 22.4 Å². The van der Waals surface area contributed by atoms with Gasteiger partial charge in [-0.05, 0) is 73.0 Å². The van der Waals surface area contributed by atoms with E-state index in [0.29, 0.717) is 27.3 Å². The molecule has 9 heteroatoms. The van der Waals surface area contributed by atoms with Crippen molar-refractivity contribution in [1.82, 2.24) is 4.68 Å². The van der Waals surface area contributed by atoms with Gasteiger partial charge in [-0.25, -0.2) is 4.68 Å². The highest BCUT2D eigenvalue weighted by Gasteiger charge is 2.21. The number of unbranched alkanes of at least 4 members (excludes halogenated alkanes) is 1. The zero-order valence-corrected chi connectivity index (χ0v) is 21.8. The molecule has 184 valence electrons. The summed E-state index contributed by atoms with van der Waals surface area (Å²) in [5, 5.41) is 6.54. The summed E-state index contributed by atoms with van der Waals surface area (Å²) in [5.74, 6) is -2.24. The summed E-state index contributed by atoms with van der Waals surface area (Å²) in [7, 11) is 0. The lowest BCUT2D eigenvalue weighted by Crippen LogP contribution is -2.36. The van der Waals surface area contributed by atoms with E-state index < -0.39 is 17.7 Å². The van der Waals surface area contributed by atoms with Gasteiger partial charge in [0.05, 0.1) is 5.52 Å². The minimum absolute atomic E-state index is 0.143. The maximum atomic E-state index is 13.1. The third-order valence-electron chi connectivity index (χ3n) is 5.53. The molecule has 36 heavy (non-hydrogen) atoms. The lowest BCUT2D eigenvalue weighted by molar-refractivity contribution is -0.133. The number of carbonyl (C=O) groups excluding carboxylic acids is 3. The summed E-state index contributed by atoms with van der Waals surface area (Å²) in [5.41, 5.74) is 5.42. The van der Waals surface area contributed by atoms with Crippen LogP contribution in [0, 0.1) is 0 Å². The standard InChI is InChI=1S/C27H24BrClN4O3/c1-2-3-5-17-8-11-21(12-9-17)30-26(35)27(36)32-33-23-13-10-19(28)14-18(23)15-24(33)25(34)31-22-7-4-6-20(29)16-22/h4,6-16H,2-3,5H2,1H3,(H,30,35)(H,31,34)(H,32,36). The molecular weight excluding hydrogens is 544 g/mol. The zero-order valence-electron chi connectivity index (χ0n) is 19.5. The van der Waals surface area contributed by atoms with Crippen molar-refractivity contribution in [3.8, 4) is 0 Å². The number of fused-ring (bicyclic) bond motifs is 1. The molecule has 3 amide bonds. The number of aryl methyl sites for hydroxylation is 1. The van der Waals surface area contributed by atoms with Crippen molar-refractivity contribution in [2.75, 3.05) is 16.1 Å². The number of rotatable bonds is 7. The number of nitrogens with zero attached hydrogens (tertiary/aromatic N) is 1. The molecule has 0 saturated heterocycles. The predicted octanol–water partition coefficient (Wildman–Crippen LogP) is 6.36. The van der Waals surface area contributed by atoms with Crippen LogP contribution in [-0.2, 0) is 16.0 Å². The van der Waals surface area contributed by atoms with E-state index in [0.717, 1.165) is 23.7 Å². The quantitative estimate of drug-likeness (QED) is 0.227. The van der Waals surface area contributed by atoms with E-state index in [-0.39, 0.29) is 5.69 Å². The maximum Gasteiger partial charge on any atom is 0.328 e. The van der Waals surface area contributed by atoms with Crippen LogP contribution in [0.3, 0.4) is 0 Å². The number of hydrogen-bond donors (Lipinski definition) is 3. The molecule has 0 aliphatic carbocycles. The highest BCUT2D eigenvalue weighted by Crippen LogP contribution is 2.24. The van der Waals surface area contributed by atoms with Gasteiger partial charge in [0.2, 0.25) is 0 Å². The minimum atomic E-state index is -0.915. The molecule has 1 aromatic heterocycles. The fraction of sp³-hybridized carbons (Fsp3) is 0.148. The second kappa shape index (κ2) is 11.4. The van der Waals surface area contributed by atoms with E-state index in [1.807, 2.05) is 18.2 Å². The predicted molar refractivity (Wildman–Crippen MR) is 147 cm³/mol. The lowest BCUT2D eigenvalue weighted by atomic mass is 10.1. The average molecular weight is 568 g/mol. The fourth-order valence-corrected chi connectivity index (χ4v) is 4.28. The Labute approximate surface area is 221 Å². The largest absolute Gasteiger partial charge is 0.328 e. The Kier molecular flexibility index (Phi) is 8.07. The summed E-state index contributed by atoms with van der Waals surface area (Å²) in [4.78, 5) is 38.6. The first-order valence-corrected chi connectivity index (χ1v) is 12.6. The van der Waals surface area contributed by atoms with Crippen molar-refractivity contribution in [1.29, 1.82) is 0 Å². The maximum absolute atomic E-state index is 13.1.